The largest absolute Gasteiger partial charge is 0.369 e. The van der Waals surface area contributed by atoms with Crippen LogP contribution >= 0.6 is 0 Å². The molecule has 19 heavy (non-hydrogen) atoms. The van der Waals surface area contributed by atoms with Gasteiger partial charge in [0.15, 0.2) is 5.78 Å². The van der Waals surface area contributed by atoms with E-state index in [2.05, 4.69) is 4.99 Å². The second kappa shape index (κ2) is 5.96. The summed E-state index contributed by atoms with van der Waals surface area (Å²) in [7, 11) is 3.79. The maximum atomic E-state index is 12.4. The lowest BCUT2D eigenvalue weighted by atomic mass is 10.0. The Labute approximate surface area is 113 Å². The monoisotopic (exact) mass is 252 g/mol. The number of hydrogen-bond donors (Lipinski definition) is 0. The van der Waals surface area contributed by atoms with Crippen molar-refractivity contribution in [3.8, 4) is 0 Å². The first kappa shape index (κ1) is 13.0. The normalized spacial score (nSPS) is 10.6. The summed E-state index contributed by atoms with van der Waals surface area (Å²) in [5.74, 6) is -0.00731. The summed E-state index contributed by atoms with van der Waals surface area (Å²) in [4.78, 5) is 18.6. The molecule has 0 amide bonds. The Kier molecular flexibility index (Phi) is 4.08. The van der Waals surface area contributed by atoms with Crippen LogP contribution in [0.4, 0.5) is 5.69 Å². The summed E-state index contributed by atoms with van der Waals surface area (Å²) < 4.78 is 0. The number of nitrogens with zero attached hydrogens (tertiary/aromatic N) is 2. The number of rotatable bonds is 4. The van der Waals surface area contributed by atoms with Crippen LogP contribution in [0.3, 0.4) is 0 Å². The number of para-hydroxylation sites is 1. The smallest absolute Gasteiger partial charge is 0.195 e. The predicted molar refractivity (Wildman–Crippen MR) is 78.2 cm³/mol. The van der Waals surface area contributed by atoms with Crippen LogP contribution in [-0.4, -0.2) is 31.1 Å². The molecule has 0 radical (unpaired) electrons. The molecule has 0 aromatic heterocycles. The molecule has 2 rings (SSSR count). The number of hydrogen-bond acceptors (Lipinski definition) is 2. The molecule has 0 aliphatic carbocycles. The van der Waals surface area contributed by atoms with Gasteiger partial charge in [-0.1, -0.05) is 42.5 Å². The van der Waals surface area contributed by atoms with Crippen LogP contribution in [-0.2, 0) is 0 Å². The van der Waals surface area contributed by atoms with Crippen molar-refractivity contribution in [3.05, 3.63) is 65.7 Å². The lowest BCUT2D eigenvalue weighted by Crippen LogP contribution is -2.07. The molecule has 0 heterocycles. The molecular formula is C16H16N2O. The van der Waals surface area contributed by atoms with Gasteiger partial charge in [-0.25, -0.2) is 4.99 Å². The van der Waals surface area contributed by atoms with Gasteiger partial charge in [-0.15, -0.1) is 0 Å². The quantitative estimate of drug-likeness (QED) is 0.476. The molecule has 0 aliphatic rings. The van der Waals surface area contributed by atoms with Gasteiger partial charge in [0.25, 0.3) is 0 Å². The van der Waals surface area contributed by atoms with Gasteiger partial charge in [0, 0.05) is 25.2 Å². The van der Waals surface area contributed by atoms with E-state index in [4.69, 9.17) is 0 Å². The molecule has 0 spiro atoms. The van der Waals surface area contributed by atoms with Crippen molar-refractivity contribution in [2.75, 3.05) is 14.1 Å². The molecule has 0 saturated heterocycles. The molecule has 2 aromatic rings. The zero-order chi connectivity index (χ0) is 13.7. The van der Waals surface area contributed by atoms with Gasteiger partial charge < -0.3 is 4.90 Å². The van der Waals surface area contributed by atoms with E-state index in [-0.39, 0.29) is 5.78 Å². The lowest BCUT2D eigenvalue weighted by Gasteiger charge is -2.06. The molecule has 0 saturated carbocycles. The van der Waals surface area contributed by atoms with E-state index in [0.717, 1.165) is 0 Å². The Balaban J connectivity index is 2.37. The van der Waals surface area contributed by atoms with Crippen molar-refractivity contribution in [2.24, 2.45) is 4.99 Å². The predicted octanol–water partition coefficient (Wildman–Crippen LogP) is 3.14. The molecule has 0 unspecified atom stereocenters. The first-order valence-electron chi connectivity index (χ1n) is 6.08. The van der Waals surface area contributed by atoms with Crippen LogP contribution in [0.2, 0.25) is 0 Å². The van der Waals surface area contributed by atoms with Gasteiger partial charge in [-0.2, -0.15) is 0 Å². The van der Waals surface area contributed by atoms with Gasteiger partial charge >= 0.3 is 0 Å². The Hall–Kier alpha value is -2.42. The molecule has 0 N–H and O–H groups in total. The Bertz CT molecular complexity index is 589. The maximum Gasteiger partial charge on any atom is 0.195 e. The second-order valence-corrected chi connectivity index (χ2v) is 4.42. The molecule has 96 valence electrons. The minimum absolute atomic E-state index is 0.00731. The van der Waals surface area contributed by atoms with Crippen molar-refractivity contribution in [1.82, 2.24) is 4.90 Å². The van der Waals surface area contributed by atoms with Crippen molar-refractivity contribution in [3.63, 3.8) is 0 Å². The zero-order valence-corrected chi connectivity index (χ0v) is 11.1. The summed E-state index contributed by atoms with van der Waals surface area (Å²) in [5, 5.41) is 0. The molecule has 3 nitrogen and oxygen atoms in total. The third-order valence-electron chi connectivity index (χ3n) is 2.61. The summed E-state index contributed by atoms with van der Waals surface area (Å²) in [6.45, 7) is 0. The second-order valence-electron chi connectivity index (χ2n) is 4.42. The molecule has 3 heteroatoms. The number of carbonyl (C=O) groups excluding carboxylic acids is 1. The van der Waals surface area contributed by atoms with Gasteiger partial charge in [0.05, 0.1) is 12.0 Å². The fourth-order valence-corrected chi connectivity index (χ4v) is 1.70. The first-order valence-corrected chi connectivity index (χ1v) is 6.08. The van der Waals surface area contributed by atoms with E-state index in [1.165, 1.54) is 0 Å². The fraction of sp³-hybridized carbons (Fsp3) is 0.125. The van der Waals surface area contributed by atoms with Crippen molar-refractivity contribution in [1.29, 1.82) is 0 Å². The first-order chi connectivity index (χ1) is 9.18. The lowest BCUT2D eigenvalue weighted by molar-refractivity contribution is 0.103. The number of benzene rings is 2. The molecular weight excluding hydrogens is 236 g/mol. The fourth-order valence-electron chi connectivity index (χ4n) is 1.70. The summed E-state index contributed by atoms with van der Waals surface area (Å²) >= 11 is 0. The van der Waals surface area contributed by atoms with E-state index in [1.54, 1.807) is 12.4 Å². The number of ketones is 1. The van der Waals surface area contributed by atoms with E-state index < -0.39 is 0 Å². The maximum absolute atomic E-state index is 12.4. The highest BCUT2D eigenvalue weighted by molar-refractivity contribution is 6.12. The van der Waals surface area contributed by atoms with E-state index in [0.29, 0.717) is 16.8 Å². The van der Waals surface area contributed by atoms with E-state index in [9.17, 15) is 4.79 Å². The van der Waals surface area contributed by atoms with Gasteiger partial charge in [0.2, 0.25) is 0 Å². The molecule has 2 aromatic carbocycles. The van der Waals surface area contributed by atoms with Gasteiger partial charge in [0.1, 0.15) is 0 Å². The molecule has 0 atom stereocenters. The summed E-state index contributed by atoms with van der Waals surface area (Å²) in [5.41, 5.74) is 1.98. The van der Waals surface area contributed by atoms with Crippen molar-refractivity contribution in [2.45, 2.75) is 0 Å². The minimum atomic E-state index is -0.00731. The van der Waals surface area contributed by atoms with Crippen molar-refractivity contribution < 1.29 is 4.79 Å². The van der Waals surface area contributed by atoms with Gasteiger partial charge in [-0.05, 0) is 12.1 Å². The topological polar surface area (TPSA) is 32.7 Å². The van der Waals surface area contributed by atoms with E-state index in [1.807, 2.05) is 67.5 Å². The standard InChI is InChI=1S/C16H16N2O/c1-18(2)12-17-15-11-7-6-10-14(15)16(19)13-8-4-3-5-9-13/h3-12H,1-2H3. The van der Waals surface area contributed by atoms with Crippen LogP contribution in [0, 0.1) is 0 Å². The Morgan fingerprint density at radius 2 is 1.63 bits per heavy atom. The van der Waals surface area contributed by atoms with Crippen molar-refractivity contribution >= 4 is 17.8 Å². The Morgan fingerprint density at radius 1 is 1.00 bits per heavy atom. The Morgan fingerprint density at radius 3 is 2.32 bits per heavy atom. The third kappa shape index (κ3) is 3.28. The highest BCUT2D eigenvalue weighted by atomic mass is 16.1. The third-order valence-corrected chi connectivity index (χ3v) is 2.61. The highest BCUT2D eigenvalue weighted by Crippen LogP contribution is 2.21. The molecule has 0 aliphatic heterocycles. The number of aliphatic imine (C=N–C) groups is 1. The summed E-state index contributed by atoms with van der Waals surface area (Å²) in [6.07, 6.45) is 1.69. The zero-order valence-electron chi connectivity index (χ0n) is 11.1. The summed E-state index contributed by atoms with van der Waals surface area (Å²) in [6, 6.07) is 16.6. The van der Waals surface area contributed by atoms with Crippen LogP contribution in [0.25, 0.3) is 0 Å². The molecule has 0 bridgehead atoms. The highest BCUT2D eigenvalue weighted by Gasteiger charge is 2.12. The van der Waals surface area contributed by atoms with Crippen LogP contribution < -0.4 is 0 Å². The molecule has 0 fully saturated rings. The van der Waals surface area contributed by atoms with Crippen LogP contribution in [0.15, 0.2) is 59.6 Å². The average Bonchev–Trinajstić information content (AvgIpc) is 2.45. The minimum Gasteiger partial charge on any atom is -0.369 e. The number of carbonyl (C=O) groups is 1. The van der Waals surface area contributed by atoms with Crippen LogP contribution in [0.5, 0.6) is 0 Å². The van der Waals surface area contributed by atoms with Crippen LogP contribution in [0.1, 0.15) is 15.9 Å². The van der Waals surface area contributed by atoms with Gasteiger partial charge in [-0.3, -0.25) is 4.79 Å². The average molecular weight is 252 g/mol. The van der Waals surface area contributed by atoms with E-state index >= 15 is 0 Å². The SMILES string of the molecule is CN(C)C=Nc1ccccc1C(=O)c1ccccc1.